The predicted octanol–water partition coefficient (Wildman–Crippen LogP) is 2.85. The first-order valence-corrected chi connectivity index (χ1v) is 6.83. The molecule has 0 fully saturated rings. The number of benzene rings is 1. The van der Waals surface area contributed by atoms with Crippen molar-refractivity contribution in [2.24, 2.45) is 0 Å². The van der Waals surface area contributed by atoms with Crippen LogP contribution in [0.4, 0.5) is 16.1 Å². The van der Waals surface area contributed by atoms with Crippen LogP contribution in [-0.4, -0.2) is 22.8 Å². The van der Waals surface area contributed by atoms with Crippen LogP contribution in [0.2, 0.25) is 0 Å². The van der Waals surface area contributed by atoms with Gasteiger partial charge in [0.1, 0.15) is 0 Å². The Bertz CT molecular complexity index is 586. The lowest BCUT2D eigenvalue weighted by Gasteiger charge is -2.06. The Hall–Kier alpha value is -2.15. The Morgan fingerprint density at radius 2 is 2.14 bits per heavy atom. The Kier molecular flexibility index (Phi) is 5.10. The van der Waals surface area contributed by atoms with Crippen molar-refractivity contribution in [2.75, 3.05) is 11.9 Å². The number of hydrogen-bond donors (Lipinski definition) is 2. The Balaban J connectivity index is 2.00. The maximum Gasteiger partial charge on any atom is 0.320 e. The minimum Gasteiger partial charge on any atom is -0.491 e. The number of ether oxygens (including phenoxy) is 1. The molecule has 21 heavy (non-hydrogen) atoms. The summed E-state index contributed by atoms with van der Waals surface area (Å²) >= 11 is 0. The van der Waals surface area contributed by atoms with Crippen molar-refractivity contribution in [1.82, 2.24) is 15.5 Å². The molecule has 0 aliphatic heterocycles. The summed E-state index contributed by atoms with van der Waals surface area (Å²) in [6, 6.07) is 5.11. The molecule has 2 aromatic rings. The second-order valence-corrected chi connectivity index (χ2v) is 4.74. The van der Waals surface area contributed by atoms with E-state index >= 15 is 0 Å². The van der Waals surface area contributed by atoms with Gasteiger partial charge in [-0.3, -0.25) is 0 Å². The van der Waals surface area contributed by atoms with Crippen molar-refractivity contribution in [3.63, 3.8) is 0 Å². The van der Waals surface area contributed by atoms with E-state index < -0.39 is 5.82 Å². The molecule has 1 aromatic heterocycles. The molecule has 0 amide bonds. The highest BCUT2D eigenvalue weighted by Gasteiger charge is 2.09. The van der Waals surface area contributed by atoms with Gasteiger partial charge in [0, 0.05) is 17.8 Å². The van der Waals surface area contributed by atoms with Gasteiger partial charge in [0.05, 0.1) is 13.2 Å². The van der Waals surface area contributed by atoms with Crippen molar-refractivity contribution < 1.29 is 13.5 Å². The van der Waals surface area contributed by atoms with Gasteiger partial charge in [-0.15, -0.1) is 5.10 Å². The zero-order valence-corrected chi connectivity index (χ0v) is 12.3. The average Bonchev–Trinajstić information content (AvgIpc) is 2.87. The van der Waals surface area contributed by atoms with Gasteiger partial charge < -0.3 is 19.8 Å². The number of hydrogen-bond acceptors (Lipinski definition) is 6. The second kappa shape index (κ2) is 7.03. The number of nitrogens with one attached hydrogen (secondary N) is 2. The molecule has 7 heteroatoms. The Morgan fingerprint density at radius 3 is 2.81 bits per heavy atom. The van der Waals surface area contributed by atoms with Crippen LogP contribution in [0, 0.1) is 5.82 Å². The molecule has 0 atom stereocenters. The third-order valence-electron chi connectivity index (χ3n) is 2.61. The van der Waals surface area contributed by atoms with Crippen LogP contribution >= 0.6 is 0 Å². The molecule has 1 aromatic carbocycles. The highest BCUT2D eigenvalue weighted by molar-refractivity contribution is 5.53. The number of aromatic nitrogens is 2. The number of nitrogens with zero attached hydrogens (tertiary/aromatic N) is 2. The summed E-state index contributed by atoms with van der Waals surface area (Å²) in [7, 11) is 0. The van der Waals surface area contributed by atoms with Gasteiger partial charge in [-0.1, -0.05) is 18.9 Å². The van der Waals surface area contributed by atoms with Gasteiger partial charge in [-0.05, 0) is 19.1 Å². The molecule has 0 unspecified atom stereocenters. The molecule has 1 heterocycles. The molecule has 114 valence electrons. The van der Waals surface area contributed by atoms with Crippen LogP contribution < -0.4 is 15.4 Å². The van der Waals surface area contributed by atoms with Crippen molar-refractivity contribution in [1.29, 1.82) is 0 Å². The Morgan fingerprint density at radius 1 is 1.33 bits per heavy atom. The van der Waals surface area contributed by atoms with Crippen LogP contribution in [0.25, 0.3) is 0 Å². The molecule has 6 nitrogen and oxygen atoms in total. The maximum atomic E-state index is 13.7. The number of rotatable bonds is 7. The first-order chi connectivity index (χ1) is 10.1. The largest absolute Gasteiger partial charge is 0.491 e. The maximum absolute atomic E-state index is 13.7. The molecule has 2 N–H and O–H groups in total. The SMILES string of the molecule is CCOc1ccc(Nc2nnc(CNC(C)C)o2)cc1F. The summed E-state index contributed by atoms with van der Waals surface area (Å²) in [6.45, 7) is 6.76. The fourth-order valence-corrected chi connectivity index (χ4v) is 1.64. The van der Waals surface area contributed by atoms with Crippen molar-refractivity contribution >= 4 is 11.7 Å². The van der Waals surface area contributed by atoms with E-state index in [1.165, 1.54) is 6.07 Å². The van der Waals surface area contributed by atoms with E-state index in [4.69, 9.17) is 9.15 Å². The Labute approximate surface area is 122 Å². The quantitative estimate of drug-likeness (QED) is 0.818. The molecule has 0 aliphatic rings. The molecular weight excluding hydrogens is 275 g/mol. The summed E-state index contributed by atoms with van der Waals surface area (Å²) < 4.78 is 24.3. The van der Waals surface area contributed by atoms with Crippen LogP contribution in [0.1, 0.15) is 26.7 Å². The molecule has 0 radical (unpaired) electrons. The van der Waals surface area contributed by atoms with E-state index in [2.05, 4.69) is 20.8 Å². The summed E-state index contributed by atoms with van der Waals surface area (Å²) in [6.07, 6.45) is 0. The van der Waals surface area contributed by atoms with Gasteiger partial charge in [0.15, 0.2) is 11.6 Å². The summed E-state index contributed by atoms with van der Waals surface area (Å²) in [4.78, 5) is 0. The lowest BCUT2D eigenvalue weighted by Crippen LogP contribution is -2.21. The normalized spacial score (nSPS) is 10.9. The highest BCUT2D eigenvalue weighted by atomic mass is 19.1. The molecule has 0 aliphatic carbocycles. The zero-order valence-electron chi connectivity index (χ0n) is 12.3. The lowest BCUT2D eigenvalue weighted by atomic mass is 10.3. The first-order valence-electron chi connectivity index (χ1n) is 6.83. The van der Waals surface area contributed by atoms with E-state index in [0.29, 0.717) is 30.8 Å². The average molecular weight is 294 g/mol. The third-order valence-corrected chi connectivity index (χ3v) is 2.61. The van der Waals surface area contributed by atoms with Gasteiger partial charge in [0.25, 0.3) is 0 Å². The molecule has 0 saturated carbocycles. The van der Waals surface area contributed by atoms with Gasteiger partial charge in [-0.25, -0.2) is 4.39 Å². The standard InChI is InChI=1S/C14H19FN4O2/c1-4-20-12-6-5-10(7-11(12)15)17-14-19-18-13(21-14)8-16-9(2)3/h5-7,9,16H,4,8H2,1-3H3,(H,17,19). The third kappa shape index (κ3) is 4.42. The predicted molar refractivity (Wildman–Crippen MR) is 77.1 cm³/mol. The molecule has 0 spiro atoms. The van der Waals surface area contributed by atoms with Crippen LogP contribution in [-0.2, 0) is 6.54 Å². The fraction of sp³-hybridized carbons (Fsp3) is 0.429. The van der Waals surface area contributed by atoms with Crippen molar-refractivity contribution in [2.45, 2.75) is 33.4 Å². The summed E-state index contributed by atoms with van der Waals surface area (Å²) in [5.74, 6) is 0.246. The topological polar surface area (TPSA) is 72.2 Å². The highest BCUT2D eigenvalue weighted by Crippen LogP contribution is 2.23. The lowest BCUT2D eigenvalue weighted by molar-refractivity contribution is 0.321. The molecule has 2 rings (SSSR count). The van der Waals surface area contributed by atoms with Gasteiger partial charge >= 0.3 is 6.01 Å². The van der Waals surface area contributed by atoms with Crippen LogP contribution in [0.3, 0.4) is 0 Å². The van der Waals surface area contributed by atoms with Gasteiger partial charge in [-0.2, -0.15) is 0 Å². The monoisotopic (exact) mass is 294 g/mol. The van der Waals surface area contributed by atoms with Crippen molar-refractivity contribution in [3.8, 4) is 5.75 Å². The smallest absolute Gasteiger partial charge is 0.320 e. The van der Waals surface area contributed by atoms with E-state index in [1.54, 1.807) is 19.1 Å². The molecule has 0 saturated heterocycles. The van der Waals surface area contributed by atoms with Gasteiger partial charge in [0.2, 0.25) is 5.89 Å². The van der Waals surface area contributed by atoms with E-state index in [-0.39, 0.29) is 11.8 Å². The minimum absolute atomic E-state index is 0.218. The second-order valence-electron chi connectivity index (χ2n) is 4.74. The molecular formula is C14H19FN4O2. The minimum atomic E-state index is -0.442. The van der Waals surface area contributed by atoms with Crippen molar-refractivity contribution in [3.05, 3.63) is 29.9 Å². The number of anilines is 2. The summed E-state index contributed by atoms with van der Waals surface area (Å²) in [5.41, 5.74) is 0.517. The first kappa shape index (κ1) is 15.2. The molecule has 0 bridgehead atoms. The van der Waals surface area contributed by atoms with E-state index in [1.807, 2.05) is 13.8 Å². The van der Waals surface area contributed by atoms with E-state index in [0.717, 1.165) is 0 Å². The summed E-state index contributed by atoms with van der Waals surface area (Å²) in [5, 5.41) is 13.8. The fourth-order valence-electron chi connectivity index (χ4n) is 1.64. The van der Waals surface area contributed by atoms with Crippen LogP contribution in [0.5, 0.6) is 5.75 Å². The van der Waals surface area contributed by atoms with Crippen LogP contribution in [0.15, 0.2) is 22.6 Å². The zero-order chi connectivity index (χ0) is 15.2. The number of halogens is 1. The van der Waals surface area contributed by atoms with E-state index in [9.17, 15) is 4.39 Å².